The molecule has 1 N–H and O–H groups in total. The summed E-state index contributed by atoms with van der Waals surface area (Å²) < 4.78 is 45.0. The smallest absolute Gasteiger partial charge is 0.416 e. The summed E-state index contributed by atoms with van der Waals surface area (Å²) in [6.45, 7) is 6.78. The summed E-state index contributed by atoms with van der Waals surface area (Å²) in [6.07, 6.45) is -4.75. The summed E-state index contributed by atoms with van der Waals surface area (Å²) in [7, 11) is 0. The Morgan fingerprint density at radius 3 is 2.36 bits per heavy atom. The molecule has 1 aromatic heterocycles. The maximum absolute atomic E-state index is 12.6. The quantitative estimate of drug-likeness (QED) is 0.780. The van der Waals surface area contributed by atoms with Crippen molar-refractivity contribution in [2.75, 3.05) is 11.9 Å². The Labute approximate surface area is 191 Å². The van der Waals surface area contributed by atoms with Crippen LogP contribution < -0.4 is 5.32 Å². The van der Waals surface area contributed by atoms with Gasteiger partial charge in [-0.25, -0.2) is 4.79 Å². The molecule has 1 aliphatic rings. The molecule has 0 fully saturated rings. The van der Waals surface area contributed by atoms with E-state index in [9.17, 15) is 18.0 Å². The average molecular weight is 422 g/mol. The zero-order chi connectivity index (χ0) is 19.8. The minimum atomic E-state index is -4.36. The number of aromatic nitrogens is 2. The molecule has 0 atom stereocenters. The second-order valence-corrected chi connectivity index (χ2v) is 7.35. The molecule has 0 bridgehead atoms. The topological polar surface area (TPSA) is 59.4 Å². The molecule has 2 heterocycles. The van der Waals surface area contributed by atoms with E-state index in [-0.39, 0.29) is 43.8 Å². The Morgan fingerprint density at radius 2 is 1.79 bits per heavy atom. The van der Waals surface area contributed by atoms with Gasteiger partial charge in [0.05, 0.1) is 24.3 Å². The normalized spacial score (nSPS) is 14.1. The number of nitrogens with zero attached hydrogens (tertiary/aromatic N) is 3. The van der Waals surface area contributed by atoms with Gasteiger partial charge in [0.25, 0.3) is 0 Å². The number of rotatable bonds is 2. The van der Waals surface area contributed by atoms with Crippen LogP contribution >= 0.6 is 0 Å². The van der Waals surface area contributed by atoms with Crippen LogP contribution in [0, 0.1) is 37.7 Å². The first-order chi connectivity index (χ1) is 12.5. The molecule has 1 amide bonds. The predicted octanol–water partition coefficient (Wildman–Crippen LogP) is 4.40. The van der Waals surface area contributed by atoms with Crippen LogP contribution in [0.25, 0.3) is 0 Å². The van der Waals surface area contributed by atoms with Crippen molar-refractivity contribution in [3.8, 4) is 0 Å². The van der Waals surface area contributed by atoms with Gasteiger partial charge in [-0.2, -0.15) is 18.3 Å². The number of carbonyl (C=O) groups excluding carboxylic acids is 1. The Balaban J connectivity index is 0.00000280. The summed E-state index contributed by atoms with van der Waals surface area (Å²) in [4.78, 5) is 13.8. The van der Waals surface area contributed by atoms with Crippen LogP contribution in [0.4, 0.5) is 29.5 Å². The van der Waals surface area contributed by atoms with E-state index in [0.29, 0.717) is 31.1 Å². The molecule has 6 nitrogen and oxygen atoms in total. The van der Waals surface area contributed by atoms with Crippen molar-refractivity contribution in [1.82, 2.24) is 14.7 Å². The molecule has 154 valence electrons. The van der Waals surface area contributed by atoms with E-state index in [2.05, 4.69) is 10.4 Å². The van der Waals surface area contributed by atoms with Crippen LogP contribution in [0.2, 0.25) is 0 Å². The SMILES string of the molecule is CC(C)(C)OC(=O)N1CCn2nc(Nc3ccc(C(F)(F)F)cc3)cc2C1.[Ar]. The first-order valence-corrected chi connectivity index (χ1v) is 8.50. The number of hydrogen-bond acceptors (Lipinski definition) is 4. The van der Waals surface area contributed by atoms with Crippen molar-refractivity contribution in [1.29, 1.82) is 0 Å². The third kappa shape index (κ3) is 5.78. The van der Waals surface area contributed by atoms with E-state index in [0.717, 1.165) is 17.8 Å². The van der Waals surface area contributed by atoms with Gasteiger partial charge in [0.2, 0.25) is 0 Å². The molecule has 1 aliphatic heterocycles. The van der Waals surface area contributed by atoms with Gasteiger partial charge in [-0.05, 0) is 45.0 Å². The Hall–Kier alpha value is -1.45. The molecule has 3 rings (SSSR count). The van der Waals surface area contributed by atoms with Gasteiger partial charge in [-0.1, -0.05) is 0 Å². The van der Waals surface area contributed by atoms with E-state index in [4.69, 9.17) is 4.74 Å². The van der Waals surface area contributed by atoms with Crippen molar-refractivity contribution < 1.29 is 60.4 Å². The van der Waals surface area contributed by atoms with Gasteiger partial charge in [-0.15, -0.1) is 0 Å². The van der Waals surface area contributed by atoms with Gasteiger partial charge >= 0.3 is 12.3 Å². The second-order valence-electron chi connectivity index (χ2n) is 7.35. The average Bonchev–Trinajstić information content (AvgIpc) is 2.94. The zero-order valence-electron chi connectivity index (χ0n) is 15.7. The third-order valence-corrected chi connectivity index (χ3v) is 3.93. The van der Waals surface area contributed by atoms with Crippen molar-refractivity contribution >= 4 is 17.6 Å². The molecule has 1 aromatic carbocycles. The number of hydrogen-bond donors (Lipinski definition) is 1. The summed E-state index contributed by atoms with van der Waals surface area (Å²) in [6, 6.07) is 6.52. The van der Waals surface area contributed by atoms with Crippen LogP contribution in [0.3, 0.4) is 0 Å². The molecule has 0 saturated heterocycles. The fourth-order valence-electron chi connectivity index (χ4n) is 2.70. The monoisotopic (exact) mass is 422 g/mol. The molecule has 0 radical (unpaired) electrons. The van der Waals surface area contributed by atoms with Gasteiger partial charge in [0.15, 0.2) is 5.82 Å². The first-order valence-electron chi connectivity index (χ1n) is 8.50. The molecule has 10 heteroatoms. The van der Waals surface area contributed by atoms with Crippen LogP contribution in [0.15, 0.2) is 30.3 Å². The molecular weight excluding hydrogens is 401 g/mol. The van der Waals surface area contributed by atoms with Crippen molar-refractivity contribution in [3.05, 3.63) is 41.6 Å². The van der Waals surface area contributed by atoms with E-state index in [1.165, 1.54) is 12.1 Å². The third-order valence-electron chi connectivity index (χ3n) is 3.93. The van der Waals surface area contributed by atoms with Crippen LogP contribution in [0.5, 0.6) is 0 Å². The minimum absolute atomic E-state index is 0. The number of anilines is 2. The molecule has 0 spiro atoms. The molecule has 0 unspecified atom stereocenters. The number of ether oxygens (including phenoxy) is 1. The van der Waals surface area contributed by atoms with Gasteiger partial charge < -0.3 is 15.0 Å². The number of alkyl halides is 3. The van der Waals surface area contributed by atoms with E-state index in [1.807, 2.05) is 20.8 Å². The standard InChI is InChI=1S/C18H21F3N4O2.Ar/c1-17(2,3)27-16(26)24-8-9-25-14(11-24)10-15(23-25)22-13-6-4-12(5-7-13)18(19,20)21;/h4-7,10H,8-9,11H2,1-3H3,(H,22,23);. The Morgan fingerprint density at radius 1 is 1.14 bits per heavy atom. The van der Waals surface area contributed by atoms with Crippen molar-refractivity contribution in [3.63, 3.8) is 0 Å². The number of amides is 1. The molecule has 0 saturated carbocycles. The molecule has 28 heavy (non-hydrogen) atoms. The maximum atomic E-state index is 12.6. The van der Waals surface area contributed by atoms with Gasteiger partial charge in [0, 0.05) is 56.0 Å². The number of carbonyl (C=O) groups is 1. The number of halogens is 3. The fraction of sp³-hybridized carbons (Fsp3) is 0.444. The maximum Gasteiger partial charge on any atom is 0.416 e. The van der Waals surface area contributed by atoms with Crippen molar-refractivity contribution in [2.24, 2.45) is 0 Å². The second kappa shape index (κ2) is 8.51. The number of fused-ring (bicyclic) bond motifs is 1. The Kier molecular flexibility index (Phi) is 6.94. The summed E-state index contributed by atoms with van der Waals surface area (Å²) >= 11 is 0. The Bertz CT molecular complexity index is 829. The first kappa shape index (κ1) is 22.8. The minimum Gasteiger partial charge on any atom is -0.444 e. The number of nitrogens with one attached hydrogen (secondary N) is 1. The fourth-order valence-corrected chi connectivity index (χ4v) is 2.70. The number of benzene rings is 1. The largest absolute Gasteiger partial charge is 0.444 e. The van der Waals surface area contributed by atoms with Crippen LogP contribution in [-0.4, -0.2) is 32.9 Å². The zero-order valence-corrected chi connectivity index (χ0v) is 16.4. The summed E-state index contributed by atoms with van der Waals surface area (Å²) in [5.74, 6) is 0.510. The van der Waals surface area contributed by atoms with E-state index >= 15 is 0 Å². The molecular formula is C18H21ArF3N4O2. The van der Waals surface area contributed by atoms with Crippen molar-refractivity contribution in [2.45, 2.75) is 45.6 Å². The van der Waals surface area contributed by atoms with Gasteiger partial charge in [0.1, 0.15) is 5.60 Å². The van der Waals surface area contributed by atoms with Crippen LogP contribution in [0.1, 0.15) is 32.0 Å². The molecule has 0 aliphatic carbocycles. The van der Waals surface area contributed by atoms with E-state index in [1.54, 1.807) is 15.6 Å². The summed E-state index contributed by atoms with van der Waals surface area (Å²) in [5, 5.41) is 7.38. The van der Waals surface area contributed by atoms with Gasteiger partial charge in [-0.3, -0.25) is 4.68 Å². The van der Waals surface area contributed by atoms with Crippen LogP contribution in [-0.2, 0) is 24.0 Å². The van der Waals surface area contributed by atoms with E-state index < -0.39 is 17.3 Å². The molecule has 2 aromatic rings. The summed E-state index contributed by atoms with van der Waals surface area (Å²) in [5.41, 5.74) is 0.0542. The predicted molar refractivity (Wildman–Crippen MR) is 93.6 cm³/mol.